The minimum atomic E-state index is 0.156. The third-order valence-corrected chi connectivity index (χ3v) is 3.44. The normalized spacial score (nSPS) is 12.6. The summed E-state index contributed by atoms with van der Waals surface area (Å²) in [6, 6.07) is 12.8. The summed E-state index contributed by atoms with van der Waals surface area (Å²) < 4.78 is 5.96. The van der Waals surface area contributed by atoms with E-state index in [1.165, 1.54) is 10.9 Å². The number of nitrogens with one attached hydrogen (secondary N) is 1. The molecule has 108 valence electrons. The average Bonchev–Trinajstić information content (AvgIpc) is 2.47. The maximum absolute atomic E-state index is 8.93. The Morgan fingerprint density at radius 3 is 2.75 bits per heavy atom. The van der Waals surface area contributed by atoms with Crippen LogP contribution in [0.2, 0.25) is 0 Å². The molecule has 0 aromatic heterocycles. The van der Waals surface area contributed by atoms with Crippen LogP contribution in [-0.4, -0.2) is 24.9 Å². The molecule has 0 aliphatic rings. The number of ether oxygens (including phenoxy) is 1. The van der Waals surface area contributed by atoms with Crippen LogP contribution in [0.15, 0.2) is 36.4 Å². The molecule has 3 nitrogen and oxygen atoms in total. The van der Waals surface area contributed by atoms with E-state index < -0.39 is 0 Å². The first-order valence-corrected chi connectivity index (χ1v) is 7.26. The standard InChI is InChI=1S/C17H23NO2/c1-3-18-13(2)15-10-9-14-7-4-5-8-16(14)17(15)20-12-6-11-19/h4-5,7-10,13,18-19H,3,6,11-12H2,1-2H3. The van der Waals surface area contributed by atoms with Crippen molar-refractivity contribution >= 4 is 10.8 Å². The minimum Gasteiger partial charge on any atom is -0.493 e. The highest BCUT2D eigenvalue weighted by molar-refractivity contribution is 5.89. The smallest absolute Gasteiger partial charge is 0.131 e. The lowest BCUT2D eigenvalue weighted by Crippen LogP contribution is -2.18. The molecule has 2 N–H and O–H groups in total. The van der Waals surface area contributed by atoms with Gasteiger partial charge in [-0.05, 0) is 18.9 Å². The molecule has 0 amide bonds. The highest BCUT2D eigenvalue weighted by Gasteiger charge is 2.14. The quantitative estimate of drug-likeness (QED) is 0.761. The molecule has 0 fully saturated rings. The van der Waals surface area contributed by atoms with Crippen LogP contribution in [0.1, 0.15) is 31.9 Å². The van der Waals surface area contributed by atoms with E-state index in [2.05, 4.69) is 43.4 Å². The lowest BCUT2D eigenvalue weighted by molar-refractivity contribution is 0.233. The lowest BCUT2D eigenvalue weighted by atomic mass is 10.0. The van der Waals surface area contributed by atoms with Crippen LogP contribution in [-0.2, 0) is 0 Å². The van der Waals surface area contributed by atoms with Crippen molar-refractivity contribution < 1.29 is 9.84 Å². The van der Waals surface area contributed by atoms with Crippen molar-refractivity contribution in [3.63, 3.8) is 0 Å². The zero-order valence-electron chi connectivity index (χ0n) is 12.2. The summed E-state index contributed by atoms with van der Waals surface area (Å²) in [6.07, 6.45) is 0.651. The Labute approximate surface area is 120 Å². The summed E-state index contributed by atoms with van der Waals surface area (Å²) >= 11 is 0. The number of aliphatic hydroxyl groups is 1. The maximum Gasteiger partial charge on any atom is 0.131 e. The van der Waals surface area contributed by atoms with E-state index in [-0.39, 0.29) is 12.6 Å². The van der Waals surface area contributed by atoms with Crippen molar-refractivity contribution in [1.29, 1.82) is 0 Å². The zero-order chi connectivity index (χ0) is 14.4. The third-order valence-electron chi connectivity index (χ3n) is 3.44. The Balaban J connectivity index is 2.41. The molecule has 3 heteroatoms. The monoisotopic (exact) mass is 273 g/mol. The Hall–Kier alpha value is -1.58. The van der Waals surface area contributed by atoms with Crippen molar-refractivity contribution in [2.24, 2.45) is 0 Å². The second-order valence-electron chi connectivity index (χ2n) is 4.91. The molecule has 20 heavy (non-hydrogen) atoms. The number of hydrogen-bond acceptors (Lipinski definition) is 3. The van der Waals surface area contributed by atoms with Gasteiger partial charge >= 0.3 is 0 Å². The van der Waals surface area contributed by atoms with Crippen molar-refractivity contribution in [3.05, 3.63) is 42.0 Å². The summed E-state index contributed by atoms with van der Waals surface area (Å²) in [7, 11) is 0. The van der Waals surface area contributed by atoms with Crippen LogP contribution in [0, 0.1) is 0 Å². The number of aliphatic hydroxyl groups excluding tert-OH is 1. The van der Waals surface area contributed by atoms with E-state index in [0.29, 0.717) is 13.0 Å². The number of rotatable bonds is 7. The largest absolute Gasteiger partial charge is 0.493 e. The van der Waals surface area contributed by atoms with Gasteiger partial charge in [0.25, 0.3) is 0 Å². The van der Waals surface area contributed by atoms with Gasteiger partial charge in [0.2, 0.25) is 0 Å². The Bertz CT molecular complexity index is 554. The third kappa shape index (κ3) is 3.30. The van der Waals surface area contributed by atoms with E-state index in [0.717, 1.165) is 17.7 Å². The van der Waals surface area contributed by atoms with Crippen LogP contribution >= 0.6 is 0 Å². The van der Waals surface area contributed by atoms with Crippen molar-refractivity contribution in [3.8, 4) is 5.75 Å². The average molecular weight is 273 g/mol. The van der Waals surface area contributed by atoms with Crippen molar-refractivity contribution in [2.45, 2.75) is 26.3 Å². The summed E-state index contributed by atoms with van der Waals surface area (Å²) in [5, 5.41) is 14.7. The van der Waals surface area contributed by atoms with E-state index in [4.69, 9.17) is 9.84 Å². The maximum atomic E-state index is 8.93. The predicted molar refractivity (Wildman–Crippen MR) is 83.2 cm³/mol. The number of hydrogen-bond donors (Lipinski definition) is 2. The summed E-state index contributed by atoms with van der Waals surface area (Å²) in [5.74, 6) is 0.935. The second-order valence-corrected chi connectivity index (χ2v) is 4.91. The molecular formula is C17H23NO2. The molecule has 0 heterocycles. The van der Waals surface area contributed by atoms with Gasteiger partial charge in [0.1, 0.15) is 5.75 Å². The Morgan fingerprint density at radius 2 is 2.00 bits per heavy atom. The van der Waals surface area contributed by atoms with Gasteiger partial charge in [-0.3, -0.25) is 0 Å². The molecular weight excluding hydrogens is 250 g/mol. The van der Waals surface area contributed by atoms with E-state index >= 15 is 0 Å². The van der Waals surface area contributed by atoms with Crippen LogP contribution in [0.5, 0.6) is 5.75 Å². The van der Waals surface area contributed by atoms with Crippen LogP contribution in [0.25, 0.3) is 10.8 Å². The molecule has 0 radical (unpaired) electrons. The molecule has 0 aliphatic heterocycles. The Kier molecular flexibility index (Phi) is 5.39. The second kappa shape index (κ2) is 7.27. The highest BCUT2D eigenvalue weighted by Crippen LogP contribution is 2.33. The number of benzene rings is 2. The Morgan fingerprint density at radius 1 is 1.20 bits per heavy atom. The predicted octanol–water partition coefficient (Wildman–Crippen LogP) is 3.27. The highest BCUT2D eigenvalue weighted by atomic mass is 16.5. The topological polar surface area (TPSA) is 41.5 Å². The van der Waals surface area contributed by atoms with Gasteiger partial charge in [-0.25, -0.2) is 0 Å². The molecule has 0 aliphatic carbocycles. The molecule has 0 saturated heterocycles. The zero-order valence-corrected chi connectivity index (χ0v) is 12.2. The fourth-order valence-electron chi connectivity index (χ4n) is 2.42. The van der Waals surface area contributed by atoms with Gasteiger partial charge in [0.05, 0.1) is 6.61 Å². The van der Waals surface area contributed by atoms with E-state index in [1.54, 1.807) is 0 Å². The van der Waals surface area contributed by atoms with Gasteiger partial charge in [-0.1, -0.05) is 43.3 Å². The van der Waals surface area contributed by atoms with Crippen molar-refractivity contribution in [2.75, 3.05) is 19.8 Å². The van der Waals surface area contributed by atoms with Gasteiger partial charge in [0.15, 0.2) is 0 Å². The summed E-state index contributed by atoms with van der Waals surface area (Å²) in [6.45, 7) is 5.86. The fraction of sp³-hybridized carbons (Fsp3) is 0.412. The van der Waals surface area contributed by atoms with Gasteiger partial charge in [-0.15, -0.1) is 0 Å². The molecule has 0 saturated carbocycles. The van der Waals surface area contributed by atoms with Crippen molar-refractivity contribution in [1.82, 2.24) is 5.32 Å². The molecule has 0 bridgehead atoms. The summed E-state index contributed by atoms with van der Waals surface area (Å²) in [4.78, 5) is 0. The van der Waals surface area contributed by atoms with Gasteiger partial charge in [-0.2, -0.15) is 0 Å². The first-order valence-electron chi connectivity index (χ1n) is 7.26. The molecule has 0 spiro atoms. The first-order chi connectivity index (χ1) is 9.77. The van der Waals surface area contributed by atoms with Crippen LogP contribution in [0.4, 0.5) is 0 Å². The van der Waals surface area contributed by atoms with E-state index in [1.807, 2.05) is 12.1 Å². The molecule has 2 aromatic rings. The fourth-order valence-corrected chi connectivity index (χ4v) is 2.42. The molecule has 1 atom stereocenters. The number of fused-ring (bicyclic) bond motifs is 1. The SMILES string of the molecule is CCNC(C)c1ccc2ccccc2c1OCCCO. The van der Waals surface area contributed by atoms with Gasteiger partial charge < -0.3 is 15.2 Å². The van der Waals surface area contributed by atoms with Gasteiger partial charge in [0, 0.05) is 30.0 Å². The molecule has 1 unspecified atom stereocenters. The summed E-state index contributed by atoms with van der Waals surface area (Å²) in [5.41, 5.74) is 1.17. The van der Waals surface area contributed by atoms with E-state index in [9.17, 15) is 0 Å². The molecule has 2 rings (SSSR count). The minimum absolute atomic E-state index is 0.156. The first kappa shape index (κ1) is 14.8. The van der Waals surface area contributed by atoms with Crippen LogP contribution in [0.3, 0.4) is 0 Å². The lowest BCUT2D eigenvalue weighted by Gasteiger charge is -2.19. The molecule has 2 aromatic carbocycles. The van der Waals surface area contributed by atoms with Crippen LogP contribution < -0.4 is 10.1 Å².